The summed E-state index contributed by atoms with van der Waals surface area (Å²) in [5.74, 6) is 0. The van der Waals surface area contributed by atoms with Crippen molar-refractivity contribution < 1.29 is 2.74 Å². The summed E-state index contributed by atoms with van der Waals surface area (Å²) in [6.45, 7) is 0. The standard InChI is InChI=1S/C8H6N2/c1-2-4-8-7(3-1)9-5-6-10-8/h1-6H/i5D,6D. The van der Waals surface area contributed by atoms with Crippen LogP contribution in [0.2, 0.25) is 0 Å². The number of aromatic nitrogens is 2. The molecule has 0 saturated heterocycles. The summed E-state index contributed by atoms with van der Waals surface area (Å²) in [5.41, 5.74) is 1.33. The Labute approximate surface area is 61.4 Å². The third-order valence-electron chi connectivity index (χ3n) is 1.28. The van der Waals surface area contributed by atoms with Crippen molar-refractivity contribution in [3.63, 3.8) is 0 Å². The van der Waals surface area contributed by atoms with Crippen LogP contribution < -0.4 is 0 Å². The van der Waals surface area contributed by atoms with Crippen LogP contribution in [-0.2, 0) is 0 Å². The lowest BCUT2D eigenvalue weighted by Crippen LogP contribution is -1.78. The van der Waals surface area contributed by atoms with Crippen molar-refractivity contribution >= 4 is 11.0 Å². The lowest BCUT2D eigenvalue weighted by atomic mass is 10.3. The van der Waals surface area contributed by atoms with E-state index in [2.05, 4.69) is 9.97 Å². The molecule has 0 saturated carbocycles. The minimum Gasteiger partial charge on any atom is -0.253 e. The Hall–Kier alpha value is -1.44. The number of para-hydroxylation sites is 2. The predicted octanol–water partition coefficient (Wildman–Crippen LogP) is 1.63. The molecule has 0 aliphatic heterocycles. The van der Waals surface area contributed by atoms with Gasteiger partial charge in [0.15, 0.2) is 0 Å². The maximum absolute atomic E-state index is 7.24. The van der Waals surface area contributed by atoms with Gasteiger partial charge in [-0.15, -0.1) is 0 Å². The molecule has 0 fully saturated rings. The molecular formula is C8H6N2. The second-order valence-corrected chi connectivity index (χ2v) is 1.94. The third-order valence-corrected chi connectivity index (χ3v) is 1.28. The SMILES string of the molecule is [2H]c1nc2ccccc2nc1[2H]. The van der Waals surface area contributed by atoms with Crippen LogP contribution in [0.3, 0.4) is 0 Å². The van der Waals surface area contributed by atoms with E-state index in [-0.39, 0.29) is 12.3 Å². The van der Waals surface area contributed by atoms with Gasteiger partial charge in [-0.1, -0.05) is 12.1 Å². The zero-order chi connectivity index (χ0) is 8.55. The molecule has 48 valence electrons. The van der Waals surface area contributed by atoms with Gasteiger partial charge in [-0.3, -0.25) is 9.97 Å². The molecule has 2 rings (SSSR count). The van der Waals surface area contributed by atoms with Gasteiger partial charge >= 0.3 is 0 Å². The van der Waals surface area contributed by atoms with E-state index >= 15 is 0 Å². The fourth-order valence-corrected chi connectivity index (χ4v) is 0.824. The molecular weight excluding hydrogens is 124 g/mol. The van der Waals surface area contributed by atoms with Crippen molar-refractivity contribution in [2.24, 2.45) is 0 Å². The molecule has 10 heavy (non-hydrogen) atoms. The quantitative estimate of drug-likeness (QED) is 0.544. The van der Waals surface area contributed by atoms with Crippen molar-refractivity contribution in [3.05, 3.63) is 36.6 Å². The van der Waals surface area contributed by atoms with Crippen LogP contribution in [0.5, 0.6) is 0 Å². The summed E-state index contributed by atoms with van der Waals surface area (Å²) in [4.78, 5) is 7.78. The highest BCUT2D eigenvalue weighted by molar-refractivity contribution is 5.72. The van der Waals surface area contributed by atoms with E-state index in [0.717, 1.165) is 0 Å². The van der Waals surface area contributed by atoms with Crippen molar-refractivity contribution in [2.45, 2.75) is 0 Å². The monoisotopic (exact) mass is 132 g/mol. The summed E-state index contributed by atoms with van der Waals surface area (Å²) >= 11 is 0. The van der Waals surface area contributed by atoms with Crippen molar-refractivity contribution in [2.75, 3.05) is 0 Å². The molecule has 0 atom stereocenters. The molecule has 0 N–H and O–H groups in total. The first kappa shape index (κ1) is 3.66. The lowest BCUT2D eigenvalue weighted by molar-refractivity contribution is 1.29. The van der Waals surface area contributed by atoms with Crippen LogP contribution in [0, 0.1) is 0 Å². The van der Waals surface area contributed by atoms with E-state index in [9.17, 15) is 0 Å². The number of hydrogen-bond donors (Lipinski definition) is 0. The van der Waals surface area contributed by atoms with E-state index in [1.165, 1.54) is 0 Å². The number of nitrogens with zero attached hydrogens (tertiary/aromatic N) is 2. The highest BCUT2D eigenvalue weighted by atomic mass is 14.8. The van der Waals surface area contributed by atoms with Gasteiger partial charge in [0.25, 0.3) is 0 Å². The smallest absolute Gasteiger partial charge is 0.0886 e. The summed E-state index contributed by atoms with van der Waals surface area (Å²) in [6.07, 6.45) is -0.151. The molecule has 0 radical (unpaired) electrons. The fraction of sp³-hybridized carbons (Fsp3) is 0. The molecule has 0 amide bonds. The van der Waals surface area contributed by atoms with Gasteiger partial charge in [-0.25, -0.2) is 0 Å². The Bertz CT molecular complexity index is 388. The summed E-state index contributed by atoms with van der Waals surface area (Å²) in [7, 11) is 0. The van der Waals surface area contributed by atoms with E-state index in [0.29, 0.717) is 11.0 Å². The van der Waals surface area contributed by atoms with Gasteiger partial charge in [-0.2, -0.15) is 0 Å². The lowest BCUT2D eigenvalue weighted by Gasteiger charge is -1.90. The van der Waals surface area contributed by atoms with E-state index in [1.807, 2.05) is 12.1 Å². The summed E-state index contributed by atoms with van der Waals surface area (Å²) < 4.78 is 14.5. The molecule has 0 aliphatic carbocycles. The van der Waals surface area contributed by atoms with Crippen LogP contribution in [0.25, 0.3) is 11.0 Å². The second kappa shape index (κ2) is 2.06. The largest absolute Gasteiger partial charge is 0.253 e. The Morgan fingerprint density at radius 3 is 2.00 bits per heavy atom. The Morgan fingerprint density at radius 2 is 1.50 bits per heavy atom. The zero-order valence-corrected chi connectivity index (χ0v) is 5.20. The van der Waals surface area contributed by atoms with E-state index in [4.69, 9.17) is 2.74 Å². The molecule has 0 bridgehead atoms. The highest BCUT2D eigenvalue weighted by Crippen LogP contribution is 2.04. The van der Waals surface area contributed by atoms with Crippen molar-refractivity contribution in [1.29, 1.82) is 0 Å². The molecule has 1 aromatic heterocycles. The van der Waals surface area contributed by atoms with Crippen LogP contribution in [0.1, 0.15) is 2.74 Å². The molecule has 2 aromatic rings. The molecule has 2 nitrogen and oxygen atoms in total. The first-order valence-electron chi connectivity index (χ1n) is 3.97. The van der Waals surface area contributed by atoms with Crippen LogP contribution in [0.15, 0.2) is 36.6 Å². The molecule has 0 unspecified atom stereocenters. The predicted molar refractivity (Wildman–Crippen MR) is 39.5 cm³/mol. The van der Waals surface area contributed by atoms with Gasteiger partial charge in [0.2, 0.25) is 0 Å². The molecule has 1 aromatic carbocycles. The van der Waals surface area contributed by atoms with Gasteiger partial charge in [0.1, 0.15) is 0 Å². The number of fused-ring (bicyclic) bond motifs is 1. The van der Waals surface area contributed by atoms with Crippen LogP contribution in [0.4, 0.5) is 0 Å². The third kappa shape index (κ3) is 0.739. The number of benzene rings is 1. The minimum absolute atomic E-state index is 0.0753. The summed E-state index contributed by atoms with van der Waals surface area (Å²) in [5, 5.41) is 0. The normalized spacial score (nSPS) is 12.8. The van der Waals surface area contributed by atoms with E-state index < -0.39 is 0 Å². The van der Waals surface area contributed by atoms with Crippen LogP contribution >= 0.6 is 0 Å². The van der Waals surface area contributed by atoms with Gasteiger partial charge in [0.05, 0.1) is 13.8 Å². The fourth-order valence-electron chi connectivity index (χ4n) is 0.824. The molecule has 2 heteroatoms. The first-order valence-corrected chi connectivity index (χ1v) is 2.97. The average Bonchev–Trinajstić information content (AvgIpc) is 2.07. The molecule has 1 heterocycles. The average molecular weight is 132 g/mol. The second-order valence-electron chi connectivity index (χ2n) is 1.94. The topological polar surface area (TPSA) is 25.8 Å². The maximum atomic E-state index is 7.24. The minimum atomic E-state index is -0.0753. The highest BCUT2D eigenvalue weighted by Gasteiger charge is 1.88. The van der Waals surface area contributed by atoms with Crippen molar-refractivity contribution in [3.8, 4) is 0 Å². The van der Waals surface area contributed by atoms with Gasteiger partial charge in [0, 0.05) is 12.3 Å². The summed E-state index contributed by atoms with van der Waals surface area (Å²) in [6, 6.07) is 7.22. The van der Waals surface area contributed by atoms with E-state index in [1.54, 1.807) is 12.1 Å². The maximum Gasteiger partial charge on any atom is 0.0886 e. The zero-order valence-electron chi connectivity index (χ0n) is 7.20. The first-order chi connectivity index (χ1) is 5.77. The molecule has 0 aliphatic rings. The van der Waals surface area contributed by atoms with Crippen molar-refractivity contribution in [1.82, 2.24) is 9.97 Å². The van der Waals surface area contributed by atoms with Gasteiger partial charge < -0.3 is 0 Å². The van der Waals surface area contributed by atoms with Crippen LogP contribution in [-0.4, -0.2) is 9.97 Å². The Morgan fingerprint density at radius 1 is 1.00 bits per heavy atom. The Kier molecular flexibility index (Phi) is 0.755. The number of hydrogen-bond acceptors (Lipinski definition) is 2. The molecule has 0 spiro atoms. The Balaban J connectivity index is 2.84. The number of rotatable bonds is 0. The van der Waals surface area contributed by atoms with Gasteiger partial charge in [-0.05, 0) is 12.1 Å².